The van der Waals surface area contributed by atoms with Gasteiger partial charge < -0.3 is 9.73 Å². The Kier molecular flexibility index (Phi) is 4.14. The van der Waals surface area contributed by atoms with Gasteiger partial charge in [0, 0.05) is 35.7 Å². The lowest BCUT2D eigenvalue weighted by molar-refractivity contribution is 0.151. The van der Waals surface area contributed by atoms with E-state index in [0.717, 1.165) is 29.7 Å². The fourth-order valence-corrected chi connectivity index (χ4v) is 2.58. The summed E-state index contributed by atoms with van der Waals surface area (Å²) < 4.78 is 6.80. The number of benzene rings is 1. The van der Waals surface area contributed by atoms with Crippen molar-refractivity contribution in [2.45, 2.75) is 19.5 Å². The lowest BCUT2D eigenvalue weighted by Crippen LogP contribution is -2.49. The van der Waals surface area contributed by atoms with E-state index in [0.29, 0.717) is 24.4 Å². The first-order valence-corrected chi connectivity index (χ1v) is 7.55. The zero-order valence-corrected chi connectivity index (χ0v) is 12.9. The van der Waals surface area contributed by atoms with Gasteiger partial charge in [-0.3, -0.25) is 4.90 Å². The van der Waals surface area contributed by atoms with Crippen LogP contribution in [0, 0.1) is 0 Å². The minimum atomic E-state index is 0.492. The molecule has 0 amide bonds. The van der Waals surface area contributed by atoms with Crippen LogP contribution < -0.4 is 5.32 Å². The molecule has 1 aliphatic heterocycles. The first-order chi connectivity index (χ1) is 9.72. The Morgan fingerprint density at radius 1 is 1.35 bits per heavy atom. The molecular formula is C14H17BrN4O. The Hall–Kier alpha value is -1.24. The van der Waals surface area contributed by atoms with Crippen molar-refractivity contribution in [3.63, 3.8) is 0 Å². The van der Waals surface area contributed by atoms with Crippen molar-refractivity contribution in [1.29, 1.82) is 0 Å². The number of hydrogen-bond donors (Lipinski definition) is 1. The number of piperazine rings is 1. The van der Waals surface area contributed by atoms with Gasteiger partial charge in [0.1, 0.15) is 0 Å². The molecule has 1 fully saturated rings. The largest absolute Gasteiger partial charge is 0.419 e. The number of hydrogen-bond acceptors (Lipinski definition) is 5. The number of rotatable bonds is 3. The molecule has 1 N–H and O–H groups in total. The molecule has 20 heavy (non-hydrogen) atoms. The van der Waals surface area contributed by atoms with Gasteiger partial charge in [-0.2, -0.15) is 0 Å². The van der Waals surface area contributed by atoms with Gasteiger partial charge in [0.05, 0.1) is 6.54 Å². The van der Waals surface area contributed by atoms with Crippen LogP contribution in [0.1, 0.15) is 12.8 Å². The van der Waals surface area contributed by atoms with E-state index in [1.165, 1.54) is 0 Å². The lowest BCUT2D eigenvalue weighted by Gasteiger charge is -2.32. The van der Waals surface area contributed by atoms with E-state index in [1.54, 1.807) is 0 Å². The van der Waals surface area contributed by atoms with E-state index in [9.17, 15) is 0 Å². The van der Waals surface area contributed by atoms with Crippen molar-refractivity contribution in [2.24, 2.45) is 0 Å². The lowest BCUT2D eigenvalue weighted by atomic mass is 10.2. The first-order valence-electron chi connectivity index (χ1n) is 6.75. The van der Waals surface area contributed by atoms with E-state index >= 15 is 0 Å². The third-order valence-corrected chi connectivity index (χ3v) is 4.06. The smallest absolute Gasteiger partial charge is 0.247 e. The monoisotopic (exact) mass is 336 g/mol. The highest BCUT2D eigenvalue weighted by molar-refractivity contribution is 9.10. The van der Waals surface area contributed by atoms with Crippen molar-refractivity contribution in [2.75, 3.05) is 19.6 Å². The predicted octanol–water partition coefficient (Wildman–Crippen LogP) is 2.29. The molecule has 106 valence electrons. The summed E-state index contributed by atoms with van der Waals surface area (Å²) in [6.45, 7) is 5.95. The fourth-order valence-electron chi connectivity index (χ4n) is 2.32. The van der Waals surface area contributed by atoms with Crippen LogP contribution in [0.5, 0.6) is 0 Å². The summed E-state index contributed by atoms with van der Waals surface area (Å²) in [5.74, 6) is 1.26. The van der Waals surface area contributed by atoms with E-state index in [-0.39, 0.29) is 0 Å². The van der Waals surface area contributed by atoms with Crippen LogP contribution in [-0.2, 0) is 6.54 Å². The molecule has 1 atom stereocenters. The Labute approximate surface area is 126 Å². The zero-order chi connectivity index (χ0) is 13.9. The molecule has 5 nitrogen and oxygen atoms in total. The van der Waals surface area contributed by atoms with Crippen molar-refractivity contribution < 1.29 is 4.42 Å². The molecule has 1 saturated heterocycles. The number of halogens is 1. The highest BCUT2D eigenvalue weighted by Crippen LogP contribution is 2.21. The first kappa shape index (κ1) is 13.7. The molecular weight excluding hydrogens is 320 g/mol. The minimum Gasteiger partial charge on any atom is -0.419 e. The second-order valence-electron chi connectivity index (χ2n) is 5.03. The van der Waals surface area contributed by atoms with Gasteiger partial charge in [-0.25, -0.2) is 0 Å². The highest BCUT2D eigenvalue weighted by Gasteiger charge is 2.20. The molecule has 2 aromatic rings. The molecule has 0 aliphatic carbocycles. The molecule has 1 aromatic carbocycles. The molecule has 0 spiro atoms. The second-order valence-corrected chi connectivity index (χ2v) is 5.95. The summed E-state index contributed by atoms with van der Waals surface area (Å²) in [6.07, 6.45) is 0. The Balaban J connectivity index is 1.71. The molecule has 6 heteroatoms. The van der Waals surface area contributed by atoms with Crippen LogP contribution in [0.25, 0.3) is 11.5 Å². The van der Waals surface area contributed by atoms with Crippen LogP contribution in [0.3, 0.4) is 0 Å². The topological polar surface area (TPSA) is 54.2 Å². The van der Waals surface area contributed by atoms with E-state index < -0.39 is 0 Å². The second kappa shape index (κ2) is 6.03. The minimum absolute atomic E-state index is 0.492. The molecule has 1 aromatic heterocycles. The van der Waals surface area contributed by atoms with Crippen molar-refractivity contribution in [3.05, 3.63) is 34.6 Å². The molecule has 1 aliphatic rings. The van der Waals surface area contributed by atoms with E-state index in [1.807, 2.05) is 24.3 Å². The Morgan fingerprint density at radius 3 is 2.90 bits per heavy atom. The maximum absolute atomic E-state index is 5.76. The predicted molar refractivity (Wildman–Crippen MR) is 80.2 cm³/mol. The summed E-state index contributed by atoms with van der Waals surface area (Å²) >= 11 is 3.42. The molecule has 0 radical (unpaired) electrons. The van der Waals surface area contributed by atoms with Crippen molar-refractivity contribution in [3.8, 4) is 11.5 Å². The standard InChI is InChI=1S/C14H17BrN4O/c1-10-8-16-6-7-19(10)9-13-17-18-14(20-13)11-2-4-12(15)5-3-11/h2-5,10,16H,6-9H2,1H3/t10-/m0/s1. The average Bonchev–Trinajstić information content (AvgIpc) is 2.91. The van der Waals surface area contributed by atoms with Gasteiger partial charge in [0.25, 0.3) is 0 Å². The molecule has 0 bridgehead atoms. The van der Waals surface area contributed by atoms with Gasteiger partial charge in [0.2, 0.25) is 11.8 Å². The van der Waals surface area contributed by atoms with Gasteiger partial charge in [0.15, 0.2) is 0 Å². The van der Waals surface area contributed by atoms with Gasteiger partial charge in [-0.1, -0.05) is 15.9 Å². The van der Waals surface area contributed by atoms with E-state index in [2.05, 4.69) is 43.3 Å². The molecule has 0 saturated carbocycles. The number of nitrogens with one attached hydrogen (secondary N) is 1. The van der Waals surface area contributed by atoms with Gasteiger partial charge in [-0.05, 0) is 31.2 Å². The summed E-state index contributed by atoms with van der Waals surface area (Å²) in [7, 11) is 0. The number of nitrogens with zero attached hydrogens (tertiary/aromatic N) is 3. The summed E-state index contributed by atoms with van der Waals surface area (Å²) in [5.41, 5.74) is 0.945. The third-order valence-electron chi connectivity index (χ3n) is 3.54. The maximum Gasteiger partial charge on any atom is 0.247 e. The summed E-state index contributed by atoms with van der Waals surface area (Å²) in [5, 5.41) is 11.7. The van der Waals surface area contributed by atoms with Crippen LogP contribution in [0.4, 0.5) is 0 Å². The van der Waals surface area contributed by atoms with Crippen LogP contribution >= 0.6 is 15.9 Å². The number of aromatic nitrogens is 2. The third kappa shape index (κ3) is 3.08. The van der Waals surface area contributed by atoms with Crippen molar-refractivity contribution >= 4 is 15.9 Å². The average molecular weight is 337 g/mol. The Morgan fingerprint density at radius 2 is 2.15 bits per heavy atom. The Bertz CT molecular complexity index is 569. The van der Waals surface area contributed by atoms with Crippen LogP contribution in [-0.4, -0.2) is 40.8 Å². The van der Waals surface area contributed by atoms with Crippen LogP contribution in [0.15, 0.2) is 33.2 Å². The fraction of sp³-hybridized carbons (Fsp3) is 0.429. The highest BCUT2D eigenvalue weighted by atomic mass is 79.9. The van der Waals surface area contributed by atoms with Crippen LogP contribution in [0.2, 0.25) is 0 Å². The SMILES string of the molecule is C[C@H]1CNCCN1Cc1nnc(-c2ccc(Br)cc2)o1. The summed E-state index contributed by atoms with van der Waals surface area (Å²) in [4.78, 5) is 2.36. The quantitative estimate of drug-likeness (QED) is 0.931. The maximum atomic E-state index is 5.76. The molecule has 0 unspecified atom stereocenters. The van der Waals surface area contributed by atoms with Gasteiger partial charge in [-0.15, -0.1) is 10.2 Å². The van der Waals surface area contributed by atoms with E-state index in [4.69, 9.17) is 4.42 Å². The zero-order valence-electron chi connectivity index (χ0n) is 11.3. The normalized spacial score (nSPS) is 20.2. The summed E-state index contributed by atoms with van der Waals surface area (Å²) in [6, 6.07) is 8.37. The van der Waals surface area contributed by atoms with Gasteiger partial charge >= 0.3 is 0 Å². The molecule has 2 heterocycles. The van der Waals surface area contributed by atoms with Crippen molar-refractivity contribution in [1.82, 2.24) is 20.4 Å². The molecule has 3 rings (SSSR count).